The average Bonchev–Trinajstić information content (AvgIpc) is 2.52. The first-order valence-corrected chi connectivity index (χ1v) is 9.42. The number of halogens is 1. The SMILES string of the molecule is CCOC(=O)C1=C(C)NC(C)=C(C2OC(C)O2)C1c1ccccc1I. The lowest BCUT2D eigenvalue weighted by Crippen LogP contribution is -2.45. The molecule has 2 heterocycles. The third-order valence-corrected chi connectivity index (χ3v) is 5.39. The topological polar surface area (TPSA) is 56.8 Å². The van der Waals surface area contributed by atoms with Gasteiger partial charge in [-0.1, -0.05) is 18.2 Å². The molecular weight excluding hydrogens is 433 g/mol. The molecule has 0 saturated carbocycles. The Balaban J connectivity index is 2.12. The summed E-state index contributed by atoms with van der Waals surface area (Å²) in [6, 6.07) is 8.05. The van der Waals surface area contributed by atoms with Gasteiger partial charge in [-0.15, -0.1) is 0 Å². The number of allylic oxidation sites excluding steroid dienone is 2. The largest absolute Gasteiger partial charge is 0.463 e. The zero-order valence-electron chi connectivity index (χ0n) is 14.8. The minimum atomic E-state index is -0.457. The van der Waals surface area contributed by atoms with Crippen LogP contribution in [0, 0.1) is 3.57 Å². The van der Waals surface area contributed by atoms with E-state index in [1.165, 1.54) is 0 Å². The van der Waals surface area contributed by atoms with Gasteiger partial charge in [0, 0.05) is 26.5 Å². The van der Waals surface area contributed by atoms with Crippen molar-refractivity contribution in [1.29, 1.82) is 0 Å². The van der Waals surface area contributed by atoms with Gasteiger partial charge >= 0.3 is 5.97 Å². The van der Waals surface area contributed by atoms with Crippen molar-refractivity contribution in [2.75, 3.05) is 6.61 Å². The molecule has 6 heteroatoms. The molecule has 1 fully saturated rings. The maximum Gasteiger partial charge on any atom is 0.336 e. The number of hydrogen-bond acceptors (Lipinski definition) is 5. The van der Waals surface area contributed by atoms with E-state index in [0.29, 0.717) is 12.2 Å². The molecule has 1 unspecified atom stereocenters. The zero-order valence-corrected chi connectivity index (χ0v) is 16.9. The fraction of sp³-hybridized carbons (Fsp3) is 0.421. The van der Waals surface area contributed by atoms with Crippen LogP contribution in [0.15, 0.2) is 46.8 Å². The van der Waals surface area contributed by atoms with E-state index >= 15 is 0 Å². The van der Waals surface area contributed by atoms with Crippen molar-refractivity contribution in [1.82, 2.24) is 5.32 Å². The number of ether oxygens (including phenoxy) is 3. The zero-order chi connectivity index (χ0) is 18.1. The molecule has 2 aliphatic rings. The summed E-state index contributed by atoms with van der Waals surface area (Å²) in [5.74, 6) is -0.569. The fourth-order valence-corrected chi connectivity index (χ4v) is 4.04. The molecule has 5 nitrogen and oxygen atoms in total. The second-order valence-corrected chi connectivity index (χ2v) is 7.25. The van der Waals surface area contributed by atoms with E-state index in [0.717, 1.165) is 26.1 Å². The van der Waals surface area contributed by atoms with Gasteiger partial charge in [0.1, 0.15) is 0 Å². The smallest absolute Gasteiger partial charge is 0.336 e. The lowest BCUT2D eigenvalue weighted by molar-refractivity contribution is -0.360. The third kappa shape index (κ3) is 3.47. The predicted molar refractivity (Wildman–Crippen MR) is 102 cm³/mol. The molecule has 0 aliphatic carbocycles. The van der Waals surface area contributed by atoms with Crippen molar-refractivity contribution >= 4 is 28.6 Å². The van der Waals surface area contributed by atoms with Gasteiger partial charge in [0.15, 0.2) is 12.6 Å². The summed E-state index contributed by atoms with van der Waals surface area (Å²) in [6.07, 6.45) is -0.695. The fourth-order valence-electron chi connectivity index (χ4n) is 3.34. The van der Waals surface area contributed by atoms with Gasteiger partial charge in [-0.25, -0.2) is 4.79 Å². The number of esters is 1. The molecular formula is C19H22INO4. The van der Waals surface area contributed by atoms with Crippen molar-refractivity contribution in [2.24, 2.45) is 0 Å². The van der Waals surface area contributed by atoms with E-state index in [1.807, 2.05) is 52.0 Å². The second-order valence-electron chi connectivity index (χ2n) is 6.09. The van der Waals surface area contributed by atoms with Crippen LogP contribution in [0.25, 0.3) is 0 Å². The molecule has 0 aromatic heterocycles. The molecule has 0 radical (unpaired) electrons. The van der Waals surface area contributed by atoms with Crippen molar-refractivity contribution < 1.29 is 19.0 Å². The Labute approximate surface area is 161 Å². The van der Waals surface area contributed by atoms with Gasteiger partial charge in [-0.05, 0) is 61.9 Å². The number of benzene rings is 1. The van der Waals surface area contributed by atoms with E-state index in [-0.39, 0.29) is 18.2 Å². The van der Waals surface area contributed by atoms with E-state index < -0.39 is 6.29 Å². The first kappa shape index (κ1) is 18.4. The Bertz CT molecular complexity index is 750. The van der Waals surface area contributed by atoms with Gasteiger partial charge in [-0.3, -0.25) is 0 Å². The first-order chi connectivity index (χ1) is 11.9. The molecule has 134 valence electrons. The van der Waals surface area contributed by atoms with Gasteiger partial charge in [-0.2, -0.15) is 0 Å². The summed E-state index contributed by atoms with van der Waals surface area (Å²) in [6.45, 7) is 7.89. The maximum atomic E-state index is 12.7. The van der Waals surface area contributed by atoms with Gasteiger partial charge in [0.05, 0.1) is 12.2 Å². The van der Waals surface area contributed by atoms with Gasteiger partial charge in [0.25, 0.3) is 0 Å². The Morgan fingerprint density at radius 3 is 2.52 bits per heavy atom. The second kappa shape index (κ2) is 7.47. The van der Waals surface area contributed by atoms with Crippen LogP contribution in [0.3, 0.4) is 0 Å². The molecule has 1 aromatic rings. The summed E-state index contributed by atoms with van der Waals surface area (Å²) in [5.41, 5.74) is 4.34. The van der Waals surface area contributed by atoms with Crippen molar-refractivity contribution in [3.8, 4) is 0 Å². The highest BCUT2D eigenvalue weighted by molar-refractivity contribution is 14.1. The lowest BCUT2D eigenvalue weighted by Gasteiger charge is -2.41. The van der Waals surface area contributed by atoms with Crippen LogP contribution in [0.4, 0.5) is 0 Å². The Kier molecular flexibility index (Phi) is 5.50. The van der Waals surface area contributed by atoms with Crippen LogP contribution in [-0.4, -0.2) is 25.2 Å². The number of carbonyl (C=O) groups excluding carboxylic acids is 1. The standard InChI is InChI=1S/C19H22INO4/c1-5-23-18(22)15-10(2)21-11(3)16(19-24-12(4)25-19)17(15)13-8-6-7-9-14(13)20/h6-9,12,17,19,21H,5H2,1-4H3. The van der Waals surface area contributed by atoms with Crippen LogP contribution in [0.5, 0.6) is 0 Å². The number of dihydropyridines is 1. The van der Waals surface area contributed by atoms with Crippen molar-refractivity contribution in [3.63, 3.8) is 0 Å². The minimum Gasteiger partial charge on any atom is -0.463 e. The minimum absolute atomic E-state index is 0.237. The predicted octanol–water partition coefficient (Wildman–Crippen LogP) is 3.81. The van der Waals surface area contributed by atoms with Crippen molar-refractivity contribution in [3.05, 3.63) is 55.9 Å². The molecule has 3 rings (SSSR count). The number of hydrogen-bond donors (Lipinski definition) is 1. The molecule has 25 heavy (non-hydrogen) atoms. The molecule has 0 amide bonds. The van der Waals surface area contributed by atoms with Crippen LogP contribution >= 0.6 is 22.6 Å². The molecule has 1 N–H and O–H groups in total. The van der Waals surface area contributed by atoms with Gasteiger partial charge in [0.2, 0.25) is 0 Å². The van der Waals surface area contributed by atoms with E-state index in [4.69, 9.17) is 14.2 Å². The first-order valence-electron chi connectivity index (χ1n) is 8.35. The highest BCUT2D eigenvalue weighted by Crippen LogP contribution is 2.44. The number of carbonyl (C=O) groups is 1. The molecule has 0 bridgehead atoms. The summed E-state index contributed by atoms with van der Waals surface area (Å²) in [5, 5.41) is 3.30. The Hall–Kier alpha value is -1.38. The number of nitrogens with one attached hydrogen (secondary N) is 1. The highest BCUT2D eigenvalue weighted by Gasteiger charge is 2.43. The molecule has 1 aromatic carbocycles. The number of rotatable bonds is 4. The van der Waals surface area contributed by atoms with Crippen LogP contribution in [-0.2, 0) is 19.0 Å². The summed E-state index contributed by atoms with van der Waals surface area (Å²) in [4.78, 5) is 12.7. The lowest BCUT2D eigenvalue weighted by atomic mass is 9.80. The van der Waals surface area contributed by atoms with Gasteiger partial charge < -0.3 is 19.5 Å². The van der Waals surface area contributed by atoms with Crippen LogP contribution < -0.4 is 5.32 Å². The molecule has 2 aliphatic heterocycles. The summed E-state index contributed by atoms with van der Waals surface area (Å²) >= 11 is 2.30. The van der Waals surface area contributed by atoms with Crippen molar-refractivity contribution in [2.45, 2.75) is 46.2 Å². The third-order valence-electron chi connectivity index (χ3n) is 4.41. The van der Waals surface area contributed by atoms with Crippen LogP contribution in [0.2, 0.25) is 0 Å². The highest BCUT2D eigenvalue weighted by atomic mass is 127. The molecule has 1 atom stereocenters. The maximum absolute atomic E-state index is 12.7. The summed E-state index contributed by atoms with van der Waals surface area (Å²) in [7, 11) is 0. The molecule has 0 spiro atoms. The van der Waals surface area contributed by atoms with E-state index in [9.17, 15) is 4.79 Å². The Morgan fingerprint density at radius 2 is 1.92 bits per heavy atom. The van der Waals surface area contributed by atoms with E-state index in [2.05, 4.69) is 27.9 Å². The summed E-state index contributed by atoms with van der Waals surface area (Å²) < 4.78 is 18.0. The van der Waals surface area contributed by atoms with Crippen LogP contribution in [0.1, 0.15) is 39.2 Å². The monoisotopic (exact) mass is 455 g/mol. The average molecular weight is 455 g/mol. The normalized spacial score (nSPS) is 26.2. The van der Waals surface area contributed by atoms with E-state index in [1.54, 1.807) is 0 Å². The Morgan fingerprint density at radius 1 is 1.24 bits per heavy atom. The quantitative estimate of drug-likeness (QED) is 0.553. The molecule has 1 saturated heterocycles.